The summed E-state index contributed by atoms with van der Waals surface area (Å²) in [5.74, 6) is 1.16. The van der Waals surface area contributed by atoms with Gasteiger partial charge in [-0.25, -0.2) is 0 Å². The Balaban J connectivity index is 0.000000350. The van der Waals surface area contributed by atoms with Crippen molar-refractivity contribution in [1.82, 2.24) is 19.7 Å². The first kappa shape index (κ1) is 28.9. The highest BCUT2D eigenvalue weighted by Crippen LogP contribution is 2.20. The van der Waals surface area contributed by atoms with Gasteiger partial charge in [0.2, 0.25) is 5.91 Å². The lowest BCUT2D eigenvalue weighted by atomic mass is 10.0. The first-order valence-corrected chi connectivity index (χ1v) is 13.6. The quantitative estimate of drug-likeness (QED) is 0.440. The minimum atomic E-state index is -0.396. The van der Waals surface area contributed by atoms with Gasteiger partial charge in [-0.3, -0.25) is 19.1 Å². The number of aryl methyl sites for hydroxylation is 1. The van der Waals surface area contributed by atoms with E-state index < -0.39 is 6.10 Å². The first-order valence-electron chi connectivity index (χ1n) is 13.6. The Morgan fingerprint density at radius 1 is 1.15 bits per heavy atom. The number of benzene rings is 1. The normalized spacial score (nSPS) is 18.4. The molecule has 0 radical (unpaired) electrons. The highest BCUT2D eigenvalue weighted by atomic mass is 16.5. The number of aromatic nitrogens is 3. The summed E-state index contributed by atoms with van der Waals surface area (Å²) in [5.41, 5.74) is 1.71. The summed E-state index contributed by atoms with van der Waals surface area (Å²) < 4.78 is 17.7. The molecule has 0 spiro atoms. The fourth-order valence-corrected chi connectivity index (χ4v) is 4.62. The Hall–Kier alpha value is -4.12. The van der Waals surface area contributed by atoms with Crippen LogP contribution in [0.15, 0.2) is 59.8 Å². The molecule has 2 aliphatic rings. The third-order valence-corrected chi connectivity index (χ3v) is 6.80. The topological polar surface area (TPSA) is 128 Å². The number of nitrogens with one attached hydrogen (secondary N) is 2. The Labute approximate surface area is 233 Å². The number of ether oxygens (including phenoxy) is 3. The van der Waals surface area contributed by atoms with Crippen LogP contribution >= 0.6 is 0 Å². The van der Waals surface area contributed by atoms with Crippen molar-refractivity contribution in [2.45, 2.75) is 57.7 Å². The molecule has 0 saturated carbocycles. The molecule has 11 nitrogen and oxygen atoms in total. The molecule has 214 valence electrons. The number of pyridine rings is 1. The summed E-state index contributed by atoms with van der Waals surface area (Å²) >= 11 is 0. The second-order valence-electron chi connectivity index (χ2n) is 9.87. The van der Waals surface area contributed by atoms with Gasteiger partial charge in [0.05, 0.1) is 25.0 Å². The number of methoxy groups -OCH3 is 1. The molecular weight excluding hydrogens is 514 g/mol. The SMILES string of the molecule is COc1cc(=O)cc[nH]1.Cc1ccc(OCC2CCCCN2C(=O)Cn2cc(NC(=O)C3CCCO3)cn2)cc1. The van der Waals surface area contributed by atoms with Gasteiger partial charge in [0.25, 0.3) is 5.91 Å². The molecule has 40 heavy (non-hydrogen) atoms. The van der Waals surface area contributed by atoms with Gasteiger partial charge in [0.1, 0.15) is 25.0 Å². The monoisotopic (exact) mass is 551 g/mol. The van der Waals surface area contributed by atoms with E-state index in [9.17, 15) is 14.4 Å². The zero-order chi connectivity index (χ0) is 28.3. The molecule has 2 fully saturated rings. The lowest BCUT2D eigenvalue weighted by Gasteiger charge is -2.35. The third-order valence-electron chi connectivity index (χ3n) is 6.80. The van der Waals surface area contributed by atoms with E-state index in [-0.39, 0.29) is 29.8 Å². The number of nitrogens with zero attached hydrogens (tertiary/aromatic N) is 3. The summed E-state index contributed by atoms with van der Waals surface area (Å²) in [6, 6.07) is 10.8. The Morgan fingerprint density at radius 3 is 2.67 bits per heavy atom. The minimum absolute atomic E-state index is 0.0114. The molecule has 2 aliphatic heterocycles. The van der Waals surface area contributed by atoms with Gasteiger partial charge in [0.15, 0.2) is 11.3 Å². The molecule has 2 saturated heterocycles. The van der Waals surface area contributed by atoms with E-state index in [1.807, 2.05) is 36.1 Å². The molecule has 4 heterocycles. The van der Waals surface area contributed by atoms with Gasteiger partial charge < -0.3 is 29.4 Å². The summed E-state index contributed by atoms with van der Waals surface area (Å²) in [6.07, 6.45) is 9.05. The predicted molar refractivity (Wildman–Crippen MR) is 149 cm³/mol. The molecule has 2 amide bonds. The van der Waals surface area contributed by atoms with E-state index in [0.29, 0.717) is 24.8 Å². The maximum atomic E-state index is 13.0. The number of amides is 2. The van der Waals surface area contributed by atoms with Crippen LogP contribution in [-0.2, 0) is 20.9 Å². The van der Waals surface area contributed by atoms with Crippen LogP contribution < -0.4 is 20.2 Å². The zero-order valence-electron chi connectivity index (χ0n) is 23.0. The maximum Gasteiger partial charge on any atom is 0.253 e. The predicted octanol–water partition coefficient (Wildman–Crippen LogP) is 3.15. The number of aromatic amines is 1. The van der Waals surface area contributed by atoms with Crippen molar-refractivity contribution in [2.24, 2.45) is 0 Å². The number of piperidine rings is 1. The molecule has 1 aromatic carbocycles. The first-order chi connectivity index (χ1) is 19.4. The maximum absolute atomic E-state index is 13.0. The smallest absolute Gasteiger partial charge is 0.253 e. The number of carbonyl (C=O) groups excluding carboxylic acids is 2. The van der Waals surface area contributed by atoms with Gasteiger partial charge in [0, 0.05) is 37.7 Å². The third kappa shape index (κ3) is 8.44. The van der Waals surface area contributed by atoms with Crippen molar-refractivity contribution in [2.75, 3.05) is 32.2 Å². The average Bonchev–Trinajstić information content (AvgIpc) is 3.66. The van der Waals surface area contributed by atoms with Crippen LogP contribution in [0.1, 0.15) is 37.7 Å². The van der Waals surface area contributed by atoms with Crippen LogP contribution in [0.25, 0.3) is 0 Å². The highest BCUT2D eigenvalue weighted by molar-refractivity contribution is 5.94. The van der Waals surface area contributed by atoms with Crippen LogP contribution in [0.4, 0.5) is 5.69 Å². The van der Waals surface area contributed by atoms with Crippen molar-refractivity contribution in [3.8, 4) is 11.6 Å². The molecule has 5 rings (SSSR count). The van der Waals surface area contributed by atoms with E-state index >= 15 is 0 Å². The zero-order valence-corrected chi connectivity index (χ0v) is 23.0. The second-order valence-corrected chi connectivity index (χ2v) is 9.87. The Bertz CT molecular complexity index is 1300. The summed E-state index contributed by atoms with van der Waals surface area (Å²) in [6.45, 7) is 4.01. The molecule has 11 heteroatoms. The molecule has 3 aromatic rings. The molecule has 2 unspecified atom stereocenters. The lowest BCUT2D eigenvalue weighted by Crippen LogP contribution is -2.48. The summed E-state index contributed by atoms with van der Waals surface area (Å²) in [7, 11) is 1.51. The van der Waals surface area contributed by atoms with E-state index in [4.69, 9.17) is 14.2 Å². The van der Waals surface area contributed by atoms with Crippen molar-refractivity contribution in [3.63, 3.8) is 0 Å². The molecular formula is C29H37N5O6. The number of hydrogen-bond acceptors (Lipinski definition) is 7. The van der Waals surface area contributed by atoms with Crippen molar-refractivity contribution >= 4 is 17.5 Å². The number of carbonyl (C=O) groups is 2. The van der Waals surface area contributed by atoms with Gasteiger partial charge in [-0.05, 0) is 51.2 Å². The van der Waals surface area contributed by atoms with Crippen LogP contribution in [0.5, 0.6) is 11.6 Å². The van der Waals surface area contributed by atoms with Gasteiger partial charge in [-0.2, -0.15) is 5.10 Å². The number of H-pyrrole nitrogens is 1. The van der Waals surface area contributed by atoms with E-state index in [1.165, 1.54) is 24.8 Å². The van der Waals surface area contributed by atoms with Gasteiger partial charge >= 0.3 is 0 Å². The standard InChI is InChI=1S/C23H30N4O4.C6H7NO2/c1-17-7-9-20(10-8-17)31-16-19-5-2-3-11-27(19)22(28)15-26-14-18(13-24-26)25-23(29)21-6-4-12-30-21;1-9-6-4-5(8)2-3-7-6/h7-10,13-14,19,21H,2-6,11-12,15-16H2,1H3,(H,25,29);2-4H,1H3,(H,7,8). The van der Waals surface area contributed by atoms with Gasteiger partial charge in [-0.15, -0.1) is 0 Å². The van der Waals surface area contributed by atoms with Crippen LogP contribution in [0.3, 0.4) is 0 Å². The number of anilines is 1. The summed E-state index contributed by atoms with van der Waals surface area (Å²) in [4.78, 5) is 40.4. The van der Waals surface area contributed by atoms with Crippen molar-refractivity contribution < 1.29 is 23.8 Å². The second kappa shape index (κ2) is 14.3. The number of hydrogen-bond donors (Lipinski definition) is 2. The number of rotatable bonds is 8. The summed E-state index contributed by atoms with van der Waals surface area (Å²) in [5, 5.41) is 7.06. The molecule has 0 bridgehead atoms. The van der Waals surface area contributed by atoms with E-state index in [0.717, 1.165) is 44.4 Å². The molecule has 2 N–H and O–H groups in total. The van der Waals surface area contributed by atoms with Crippen molar-refractivity contribution in [1.29, 1.82) is 0 Å². The largest absolute Gasteiger partial charge is 0.491 e. The Morgan fingerprint density at radius 2 is 1.98 bits per heavy atom. The van der Waals surface area contributed by atoms with Crippen LogP contribution in [0.2, 0.25) is 0 Å². The van der Waals surface area contributed by atoms with Gasteiger partial charge in [-0.1, -0.05) is 17.7 Å². The average molecular weight is 552 g/mol. The fourth-order valence-electron chi connectivity index (χ4n) is 4.62. The lowest BCUT2D eigenvalue weighted by molar-refractivity contribution is -0.136. The molecule has 2 aromatic heterocycles. The minimum Gasteiger partial charge on any atom is -0.491 e. The highest BCUT2D eigenvalue weighted by Gasteiger charge is 2.28. The van der Waals surface area contributed by atoms with E-state index in [2.05, 4.69) is 15.4 Å². The fraction of sp³-hybridized carbons (Fsp3) is 0.448. The van der Waals surface area contributed by atoms with Crippen molar-refractivity contribution in [3.05, 3.63) is 70.8 Å². The molecule has 2 atom stereocenters. The number of likely N-dealkylation sites (tertiary alicyclic amines) is 1. The van der Waals surface area contributed by atoms with Crippen LogP contribution in [-0.4, -0.2) is 70.5 Å². The van der Waals surface area contributed by atoms with Crippen LogP contribution in [0, 0.1) is 6.92 Å². The Kier molecular flexibility index (Phi) is 10.3. The molecule has 0 aliphatic carbocycles. The van der Waals surface area contributed by atoms with E-state index in [1.54, 1.807) is 23.3 Å².